The van der Waals surface area contributed by atoms with E-state index >= 15 is 0 Å². The van der Waals surface area contributed by atoms with Crippen LogP contribution in [-0.2, 0) is 4.79 Å². The normalized spacial score (nSPS) is 10.6. The van der Waals surface area contributed by atoms with Crippen molar-refractivity contribution in [3.8, 4) is 5.75 Å². The van der Waals surface area contributed by atoms with E-state index in [4.69, 9.17) is 9.84 Å². The number of hydrogen-bond acceptors (Lipinski definition) is 2. The van der Waals surface area contributed by atoms with E-state index in [9.17, 15) is 9.18 Å². The number of aliphatic carboxylic acids is 1. The van der Waals surface area contributed by atoms with Crippen LogP contribution < -0.4 is 4.74 Å². The molecular formula is C12H13FO3. The second-order valence-corrected chi connectivity index (χ2v) is 3.23. The molecule has 0 saturated carbocycles. The number of carboxylic acid groups (broad SMARTS) is 1. The molecule has 0 bridgehead atoms. The molecule has 16 heavy (non-hydrogen) atoms. The molecule has 1 N–H and O–H groups in total. The molecule has 0 aliphatic carbocycles. The van der Waals surface area contributed by atoms with Crippen molar-refractivity contribution in [1.82, 2.24) is 0 Å². The third-order valence-corrected chi connectivity index (χ3v) is 2.01. The molecule has 0 radical (unpaired) electrons. The molecule has 0 spiro atoms. The van der Waals surface area contributed by atoms with Gasteiger partial charge in [0.2, 0.25) is 0 Å². The summed E-state index contributed by atoms with van der Waals surface area (Å²) in [6, 6.07) is 4.58. The van der Waals surface area contributed by atoms with Gasteiger partial charge in [-0.25, -0.2) is 4.39 Å². The largest absolute Gasteiger partial charge is 0.494 e. The highest BCUT2D eigenvalue weighted by Gasteiger charge is 2.01. The highest BCUT2D eigenvalue weighted by molar-refractivity contribution is 5.67. The summed E-state index contributed by atoms with van der Waals surface area (Å²) in [4.78, 5) is 10.2. The Morgan fingerprint density at radius 1 is 1.56 bits per heavy atom. The molecule has 0 saturated heterocycles. The van der Waals surface area contributed by atoms with Crippen molar-refractivity contribution in [2.24, 2.45) is 0 Å². The lowest BCUT2D eigenvalue weighted by atomic mass is 10.1. The Morgan fingerprint density at radius 2 is 2.31 bits per heavy atom. The highest BCUT2D eigenvalue weighted by atomic mass is 19.1. The van der Waals surface area contributed by atoms with Gasteiger partial charge >= 0.3 is 5.97 Å². The number of carbonyl (C=O) groups is 1. The number of hydrogen-bond donors (Lipinski definition) is 1. The van der Waals surface area contributed by atoms with Gasteiger partial charge in [0.05, 0.1) is 7.11 Å². The van der Waals surface area contributed by atoms with Crippen LogP contribution in [0.1, 0.15) is 18.4 Å². The molecule has 0 aliphatic heterocycles. The molecule has 0 heterocycles. The van der Waals surface area contributed by atoms with Gasteiger partial charge in [0.25, 0.3) is 0 Å². The first-order chi connectivity index (χ1) is 7.63. The Hall–Kier alpha value is -1.84. The maximum absolute atomic E-state index is 13.2. The predicted molar refractivity (Wildman–Crippen MR) is 58.9 cm³/mol. The zero-order valence-corrected chi connectivity index (χ0v) is 8.94. The number of methoxy groups -OCH3 is 1. The number of benzene rings is 1. The van der Waals surface area contributed by atoms with Crippen LogP contribution >= 0.6 is 0 Å². The zero-order valence-electron chi connectivity index (χ0n) is 8.94. The van der Waals surface area contributed by atoms with Crippen LogP contribution in [-0.4, -0.2) is 18.2 Å². The number of halogens is 1. The van der Waals surface area contributed by atoms with Crippen LogP contribution in [0.25, 0.3) is 6.08 Å². The fourth-order valence-electron chi connectivity index (χ4n) is 1.21. The SMILES string of the molecule is COc1ccc(/C=C/CCC(=O)O)cc1F. The summed E-state index contributed by atoms with van der Waals surface area (Å²) in [5, 5.41) is 8.41. The molecule has 1 aromatic carbocycles. The smallest absolute Gasteiger partial charge is 0.303 e. The Balaban J connectivity index is 2.61. The van der Waals surface area contributed by atoms with Crippen molar-refractivity contribution in [3.05, 3.63) is 35.7 Å². The number of allylic oxidation sites excluding steroid dienone is 1. The van der Waals surface area contributed by atoms with Gasteiger partial charge in [-0.3, -0.25) is 4.79 Å². The van der Waals surface area contributed by atoms with Gasteiger partial charge in [-0.2, -0.15) is 0 Å². The van der Waals surface area contributed by atoms with Gasteiger partial charge in [0.15, 0.2) is 11.6 Å². The molecule has 1 aromatic rings. The van der Waals surface area contributed by atoms with Crippen LogP contribution in [0.3, 0.4) is 0 Å². The number of carboxylic acids is 1. The maximum atomic E-state index is 13.2. The topological polar surface area (TPSA) is 46.5 Å². The van der Waals surface area contributed by atoms with E-state index < -0.39 is 11.8 Å². The van der Waals surface area contributed by atoms with Crippen LogP contribution in [0.2, 0.25) is 0 Å². The van der Waals surface area contributed by atoms with Crippen molar-refractivity contribution in [2.75, 3.05) is 7.11 Å². The number of ether oxygens (including phenoxy) is 1. The molecule has 3 nitrogen and oxygen atoms in total. The molecule has 0 fully saturated rings. The zero-order chi connectivity index (χ0) is 12.0. The standard InChI is InChI=1S/C12H13FO3/c1-16-11-7-6-9(8-10(11)13)4-2-3-5-12(14)15/h2,4,6-8H,3,5H2,1H3,(H,14,15)/b4-2+. The molecule has 4 heteroatoms. The van der Waals surface area contributed by atoms with E-state index in [0.717, 1.165) is 0 Å². The Kier molecular flexibility index (Phi) is 4.51. The molecule has 0 amide bonds. The van der Waals surface area contributed by atoms with E-state index in [2.05, 4.69) is 0 Å². The Bertz CT molecular complexity index is 399. The first kappa shape index (κ1) is 12.2. The molecule has 0 unspecified atom stereocenters. The third kappa shape index (κ3) is 3.73. The molecule has 86 valence electrons. The minimum atomic E-state index is -0.842. The minimum Gasteiger partial charge on any atom is -0.494 e. The van der Waals surface area contributed by atoms with E-state index in [0.29, 0.717) is 12.0 Å². The monoisotopic (exact) mass is 224 g/mol. The van der Waals surface area contributed by atoms with Crippen LogP contribution in [0.5, 0.6) is 5.75 Å². The lowest BCUT2D eigenvalue weighted by molar-refractivity contribution is -0.136. The molecule has 0 aromatic heterocycles. The van der Waals surface area contributed by atoms with Crippen LogP contribution in [0, 0.1) is 5.82 Å². The van der Waals surface area contributed by atoms with Crippen LogP contribution in [0.4, 0.5) is 4.39 Å². The summed E-state index contributed by atoms with van der Waals surface area (Å²) in [5.74, 6) is -1.07. The lowest BCUT2D eigenvalue weighted by Crippen LogP contribution is -1.91. The summed E-state index contributed by atoms with van der Waals surface area (Å²) in [7, 11) is 1.40. The number of rotatable bonds is 5. The van der Waals surface area contributed by atoms with Gasteiger partial charge in [-0.05, 0) is 24.1 Å². The van der Waals surface area contributed by atoms with Gasteiger partial charge in [0.1, 0.15) is 0 Å². The fraction of sp³-hybridized carbons (Fsp3) is 0.250. The van der Waals surface area contributed by atoms with Gasteiger partial charge in [-0.1, -0.05) is 18.2 Å². The lowest BCUT2D eigenvalue weighted by Gasteiger charge is -2.01. The van der Waals surface area contributed by atoms with Crippen molar-refractivity contribution in [3.63, 3.8) is 0 Å². The average molecular weight is 224 g/mol. The van der Waals surface area contributed by atoms with Gasteiger partial charge in [0, 0.05) is 6.42 Å². The summed E-state index contributed by atoms with van der Waals surface area (Å²) in [5.41, 5.74) is 0.684. The van der Waals surface area contributed by atoms with Gasteiger partial charge < -0.3 is 9.84 Å². The summed E-state index contributed by atoms with van der Waals surface area (Å²) in [6.45, 7) is 0. The Labute approximate surface area is 93.2 Å². The molecule has 1 rings (SSSR count). The predicted octanol–water partition coefficient (Wildman–Crippen LogP) is 2.71. The maximum Gasteiger partial charge on any atom is 0.303 e. The summed E-state index contributed by atoms with van der Waals surface area (Å²) in [6.07, 6.45) is 3.90. The first-order valence-electron chi connectivity index (χ1n) is 4.85. The molecule has 0 aliphatic rings. The van der Waals surface area contributed by atoms with Crippen molar-refractivity contribution in [2.45, 2.75) is 12.8 Å². The van der Waals surface area contributed by atoms with Gasteiger partial charge in [-0.15, -0.1) is 0 Å². The quantitative estimate of drug-likeness (QED) is 0.836. The second-order valence-electron chi connectivity index (χ2n) is 3.23. The Morgan fingerprint density at radius 3 is 2.88 bits per heavy atom. The first-order valence-corrected chi connectivity index (χ1v) is 4.85. The molecule has 0 atom stereocenters. The third-order valence-electron chi connectivity index (χ3n) is 2.01. The van der Waals surface area contributed by atoms with E-state index in [1.165, 1.54) is 19.2 Å². The van der Waals surface area contributed by atoms with Crippen molar-refractivity contribution < 1.29 is 19.0 Å². The average Bonchev–Trinajstić information content (AvgIpc) is 2.24. The van der Waals surface area contributed by atoms with Crippen molar-refractivity contribution in [1.29, 1.82) is 0 Å². The van der Waals surface area contributed by atoms with Crippen molar-refractivity contribution >= 4 is 12.0 Å². The second kappa shape index (κ2) is 5.90. The van der Waals surface area contributed by atoms with Crippen LogP contribution in [0.15, 0.2) is 24.3 Å². The molecular weight excluding hydrogens is 211 g/mol. The fourth-order valence-corrected chi connectivity index (χ4v) is 1.21. The van der Waals surface area contributed by atoms with E-state index in [1.807, 2.05) is 0 Å². The minimum absolute atomic E-state index is 0.0785. The highest BCUT2D eigenvalue weighted by Crippen LogP contribution is 2.18. The van der Waals surface area contributed by atoms with E-state index in [-0.39, 0.29) is 12.2 Å². The summed E-state index contributed by atoms with van der Waals surface area (Å²) < 4.78 is 18.0. The summed E-state index contributed by atoms with van der Waals surface area (Å²) >= 11 is 0. The van der Waals surface area contributed by atoms with E-state index in [1.54, 1.807) is 18.2 Å².